The highest BCUT2D eigenvalue weighted by Gasteiger charge is 2.09. The molecule has 1 atom stereocenters. The van der Waals surface area contributed by atoms with E-state index in [0.29, 0.717) is 0 Å². The zero-order valence-electron chi connectivity index (χ0n) is 16.3. The van der Waals surface area contributed by atoms with Gasteiger partial charge in [-0.3, -0.25) is 0 Å². The first-order chi connectivity index (χ1) is 11.7. The van der Waals surface area contributed by atoms with Crippen LogP contribution in [0.2, 0.25) is 0 Å². The Morgan fingerprint density at radius 3 is 1.83 bits per heavy atom. The maximum Gasteiger partial charge on any atom is 0.0510 e. The van der Waals surface area contributed by atoms with E-state index in [9.17, 15) is 0 Å². The molecule has 0 radical (unpaired) electrons. The summed E-state index contributed by atoms with van der Waals surface area (Å²) in [5.41, 5.74) is 10.4. The Kier molecular flexibility index (Phi) is 11.6. The molecule has 1 aromatic rings. The summed E-state index contributed by atoms with van der Waals surface area (Å²) in [6.45, 7) is 6.74. The third-order valence-electron chi connectivity index (χ3n) is 5.20. The Balaban J connectivity index is 2.15. The van der Waals surface area contributed by atoms with Gasteiger partial charge >= 0.3 is 0 Å². The Labute approximate surface area is 150 Å². The SMILES string of the molecule is CCCCCCCCCCCCC(C)=C(C)C(N)c1ccccc1. The fourth-order valence-corrected chi connectivity index (χ4v) is 3.25. The van der Waals surface area contributed by atoms with Gasteiger partial charge in [-0.2, -0.15) is 0 Å². The van der Waals surface area contributed by atoms with Crippen molar-refractivity contribution in [2.75, 3.05) is 0 Å². The van der Waals surface area contributed by atoms with Crippen molar-refractivity contribution in [3.63, 3.8) is 0 Å². The fraction of sp³-hybridized carbons (Fsp3) is 0.652. The Hall–Kier alpha value is -1.08. The van der Waals surface area contributed by atoms with Crippen molar-refractivity contribution in [2.24, 2.45) is 5.73 Å². The van der Waals surface area contributed by atoms with Gasteiger partial charge in [0.05, 0.1) is 6.04 Å². The van der Waals surface area contributed by atoms with Crippen molar-refractivity contribution < 1.29 is 0 Å². The number of hydrogen-bond acceptors (Lipinski definition) is 1. The van der Waals surface area contributed by atoms with E-state index in [1.54, 1.807) is 0 Å². The molecule has 0 aliphatic heterocycles. The smallest absolute Gasteiger partial charge is 0.0510 e. The lowest BCUT2D eigenvalue weighted by atomic mass is 9.94. The van der Waals surface area contributed by atoms with Gasteiger partial charge in [0.2, 0.25) is 0 Å². The molecule has 0 saturated heterocycles. The predicted molar refractivity (Wildman–Crippen MR) is 108 cm³/mol. The highest BCUT2D eigenvalue weighted by Crippen LogP contribution is 2.24. The lowest BCUT2D eigenvalue weighted by molar-refractivity contribution is 0.555. The van der Waals surface area contributed by atoms with Gasteiger partial charge < -0.3 is 5.73 Å². The maximum absolute atomic E-state index is 6.40. The number of benzene rings is 1. The summed E-state index contributed by atoms with van der Waals surface area (Å²) in [7, 11) is 0. The molecular formula is C23H39N. The first kappa shape index (κ1) is 21.0. The van der Waals surface area contributed by atoms with Crippen LogP contribution in [-0.4, -0.2) is 0 Å². The van der Waals surface area contributed by atoms with Gasteiger partial charge in [0.15, 0.2) is 0 Å². The van der Waals surface area contributed by atoms with E-state index in [1.807, 2.05) is 6.07 Å². The van der Waals surface area contributed by atoms with Gasteiger partial charge in [-0.05, 0) is 32.3 Å². The van der Waals surface area contributed by atoms with Crippen molar-refractivity contribution >= 4 is 0 Å². The van der Waals surface area contributed by atoms with E-state index in [4.69, 9.17) is 5.73 Å². The summed E-state index contributed by atoms with van der Waals surface area (Å²) in [5, 5.41) is 0. The standard InChI is InChI=1S/C23H39N/c1-4-5-6-7-8-9-10-11-12-14-17-20(2)21(3)23(24)22-18-15-13-16-19-22/h13,15-16,18-19,23H,4-12,14,17,24H2,1-3H3. The van der Waals surface area contributed by atoms with E-state index >= 15 is 0 Å². The van der Waals surface area contributed by atoms with Gasteiger partial charge in [0.1, 0.15) is 0 Å². The van der Waals surface area contributed by atoms with Crippen molar-refractivity contribution in [1.82, 2.24) is 0 Å². The van der Waals surface area contributed by atoms with Gasteiger partial charge in [0, 0.05) is 0 Å². The van der Waals surface area contributed by atoms with Crippen molar-refractivity contribution in [3.05, 3.63) is 47.0 Å². The topological polar surface area (TPSA) is 26.0 Å². The molecule has 2 N–H and O–H groups in total. The number of unbranched alkanes of at least 4 members (excludes halogenated alkanes) is 9. The molecule has 0 aromatic heterocycles. The molecule has 24 heavy (non-hydrogen) atoms. The van der Waals surface area contributed by atoms with Crippen LogP contribution < -0.4 is 5.73 Å². The first-order valence-electron chi connectivity index (χ1n) is 10.1. The molecule has 0 bridgehead atoms. The third kappa shape index (κ3) is 8.68. The summed E-state index contributed by atoms with van der Waals surface area (Å²) in [6, 6.07) is 10.5. The predicted octanol–water partition coefficient (Wildman–Crippen LogP) is 7.33. The van der Waals surface area contributed by atoms with Crippen LogP contribution in [0.25, 0.3) is 0 Å². The summed E-state index contributed by atoms with van der Waals surface area (Å²) in [6.07, 6.45) is 15.2. The minimum atomic E-state index is 0.0503. The second-order valence-electron chi connectivity index (χ2n) is 7.28. The van der Waals surface area contributed by atoms with Crippen LogP contribution in [0, 0.1) is 0 Å². The minimum absolute atomic E-state index is 0.0503. The average molecular weight is 330 g/mol. The largest absolute Gasteiger partial charge is 0.321 e. The molecule has 136 valence electrons. The quantitative estimate of drug-likeness (QED) is 0.297. The summed E-state index contributed by atoms with van der Waals surface area (Å²) >= 11 is 0. The molecule has 1 heteroatoms. The van der Waals surface area contributed by atoms with Crippen molar-refractivity contribution in [1.29, 1.82) is 0 Å². The van der Waals surface area contributed by atoms with Gasteiger partial charge in [-0.15, -0.1) is 0 Å². The Morgan fingerprint density at radius 2 is 1.29 bits per heavy atom. The normalized spacial score (nSPS) is 13.7. The molecule has 1 nitrogen and oxygen atoms in total. The van der Waals surface area contributed by atoms with E-state index in [2.05, 4.69) is 45.0 Å². The van der Waals surface area contributed by atoms with Gasteiger partial charge in [0.25, 0.3) is 0 Å². The zero-order valence-corrected chi connectivity index (χ0v) is 16.3. The molecule has 0 aliphatic carbocycles. The van der Waals surface area contributed by atoms with Gasteiger partial charge in [-0.1, -0.05) is 106 Å². The number of allylic oxidation sites excluding steroid dienone is 1. The number of hydrogen-bond donors (Lipinski definition) is 1. The fourth-order valence-electron chi connectivity index (χ4n) is 3.25. The van der Waals surface area contributed by atoms with E-state index in [1.165, 1.54) is 87.3 Å². The molecular weight excluding hydrogens is 290 g/mol. The van der Waals surface area contributed by atoms with Crippen molar-refractivity contribution in [2.45, 2.75) is 97.4 Å². The first-order valence-corrected chi connectivity index (χ1v) is 10.1. The van der Waals surface area contributed by atoms with Crippen molar-refractivity contribution in [3.8, 4) is 0 Å². The Morgan fingerprint density at radius 1 is 0.792 bits per heavy atom. The van der Waals surface area contributed by atoms with Crippen LogP contribution >= 0.6 is 0 Å². The number of rotatable bonds is 13. The molecule has 0 heterocycles. The third-order valence-corrected chi connectivity index (χ3v) is 5.20. The van der Waals surface area contributed by atoms with E-state index in [0.717, 1.165) is 0 Å². The maximum atomic E-state index is 6.40. The highest BCUT2D eigenvalue weighted by molar-refractivity contribution is 5.28. The number of nitrogens with two attached hydrogens (primary N) is 1. The molecule has 1 rings (SSSR count). The highest BCUT2D eigenvalue weighted by atomic mass is 14.6. The zero-order chi connectivity index (χ0) is 17.6. The second-order valence-corrected chi connectivity index (χ2v) is 7.28. The van der Waals surface area contributed by atoms with Crippen LogP contribution in [0.1, 0.15) is 103 Å². The molecule has 1 aromatic carbocycles. The van der Waals surface area contributed by atoms with Crippen LogP contribution in [0.15, 0.2) is 41.5 Å². The second kappa shape index (κ2) is 13.2. The van der Waals surface area contributed by atoms with E-state index in [-0.39, 0.29) is 6.04 Å². The van der Waals surface area contributed by atoms with Crippen LogP contribution in [0.5, 0.6) is 0 Å². The lowest BCUT2D eigenvalue weighted by Gasteiger charge is -2.16. The summed E-state index contributed by atoms with van der Waals surface area (Å²) in [5.74, 6) is 0. The Bertz CT molecular complexity index is 446. The van der Waals surface area contributed by atoms with E-state index < -0.39 is 0 Å². The summed E-state index contributed by atoms with van der Waals surface area (Å²) in [4.78, 5) is 0. The minimum Gasteiger partial charge on any atom is -0.321 e. The van der Waals surface area contributed by atoms with Crippen LogP contribution in [-0.2, 0) is 0 Å². The summed E-state index contributed by atoms with van der Waals surface area (Å²) < 4.78 is 0. The molecule has 0 saturated carbocycles. The van der Waals surface area contributed by atoms with Gasteiger partial charge in [-0.25, -0.2) is 0 Å². The average Bonchev–Trinajstić information content (AvgIpc) is 2.62. The van der Waals surface area contributed by atoms with Crippen LogP contribution in [0.4, 0.5) is 0 Å². The molecule has 0 spiro atoms. The molecule has 0 fully saturated rings. The molecule has 0 aliphatic rings. The molecule has 1 unspecified atom stereocenters. The molecule has 0 amide bonds. The monoisotopic (exact) mass is 329 g/mol. The van der Waals surface area contributed by atoms with Crippen LogP contribution in [0.3, 0.4) is 0 Å². The lowest BCUT2D eigenvalue weighted by Crippen LogP contribution is -2.12.